The minimum Gasteiger partial charge on any atom is -0.490 e. The number of ether oxygens (including phenoxy) is 1. The van der Waals surface area contributed by atoms with Crippen molar-refractivity contribution in [3.05, 3.63) is 29.8 Å². The van der Waals surface area contributed by atoms with Crippen molar-refractivity contribution >= 4 is 5.96 Å². The maximum Gasteiger partial charge on any atom is 0.390 e. The standard InChI is InChI=1S/C18H26F3N3O/c1-22-17(24-13-11-18(19,20)21)23-12-10-14-6-8-16(9-7-14)25-15-4-2-3-5-15/h6-9,15H,2-5,10-13H2,1H3,(H2,22,23,24). The van der Waals surface area contributed by atoms with E-state index in [0.717, 1.165) is 30.6 Å². The second-order valence-electron chi connectivity index (χ2n) is 6.21. The lowest BCUT2D eigenvalue weighted by molar-refractivity contribution is -0.132. The van der Waals surface area contributed by atoms with Crippen LogP contribution in [0.25, 0.3) is 0 Å². The van der Waals surface area contributed by atoms with E-state index in [0.29, 0.717) is 18.6 Å². The molecule has 0 radical (unpaired) electrons. The van der Waals surface area contributed by atoms with Crippen molar-refractivity contribution in [2.75, 3.05) is 20.1 Å². The normalized spacial score (nSPS) is 16.1. The third-order valence-corrected chi connectivity index (χ3v) is 4.16. The Hall–Kier alpha value is -1.92. The average molecular weight is 357 g/mol. The van der Waals surface area contributed by atoms with Gasteiger partial charge in [0.15, 0.2) is 5.96 Å². The number of rotatable bonds is 7. The van der Waals surface area contributed by atoms with Crippen molar-refractivity contribution in [2.45, 2.75) is 50.8 Å². The predicted molar refractivity (Wildman–Crippen MR) is 93.1 cm³/mol. The van der Waals surface area contributed by atoms with E-state index < -0.39 is 12.6 Å². The first-order chi connectivity index (χ1) is 12.0. The molecule has 7 heteroatoms. The zero-order chi connectivity index (χ0) is 18.1. The molecule has 0 aromatic heterocycles. The van der Waals surface area contributed by atoms with Gasteiger partial charge < -0.3 is 15.4 Å². The molecule has 0 saturated heterocycles. The van der Waals surface area contributed by atoms with Crippen LogP contribution in [-0.4, -0.2) is 38.4 Å². The Kier molecular flexibility index (Phi) is 7.40. The number of benzene rings is 1. The maximum absolute atomic E-state index is 12.1. The fourth-order valence-electron chi connectivity index (χ4n) is 2.80. The molecule has 0 heterocycles. The summed E-state index contributed by atoms with van der Waals surface area (Å²) in [5.41, 5.74) is 1.14. The van der Waals surface area contributed by atoms with Crippen LogP contribution in [-0.2, 0) is 6.42 Å². The zero-order valence-electron chi connectivity index (χ0n) is 14.5. The van der Waals surface area contributed by atoms with Crippen LogP contribution in [0.2, 0.25) is 0 Å². The molecule has 4 nitrogen and oxygen atoms in total. The predicted octanol–water partition coefficient (Wildman–Crippen LogP) is 3.67. The van der Waals surface area contributed by atoms with Crippen LogP contribution in [0.1, 0.15) is 37.7 Å². The lowest BCUT2D eigenvalue weighted by atomic mass is 10.1. The summed E-state index contributed by atoms with van der Waals surface area (Å²) in [4.78, 5) is 3.92. The zero-order valence-corrected chi connectivity index (χ0v) is 14.5. The van der Waals surface area contributed by atoms with Gasteiger partial charge in [-0.25, -0.2) is 0 Å². The molecule has 1 saturated carbocycles. The van der Waals surface area contributed by atoms with Crippen LogP contribution in [0.4, 0.5) is 13.2 Å². The van der Waals surface area contributed by atoms with Gasteiger partial charge in [-0.05, 0) is 49.8 Å². The highest BCUT2D eigenvalue weighted by Crippen LogP contribution is 2.24. The minimum atomic E-state index is -4.16. The fourth-order valence-corrected chi connectivity index (χ4v) is 2.80. The van der Waals surface area contributed by atoms with E-state index in [2.05, 4.69) is 15.6 Å². The van der Waals surface area contributed by atoms with Gasteiger partial charge >= 0.3 is 6.18 Å². The van der Waals surface area contributed by atoms with Gasteiger partial charge in [0.1, 0.15) is 5.75 Å². The first-order valence-electron chi connectivity index (χ1n) is 8.73. The highest BCUT2D eigenvalue weighted by atomic mass is 19.4. The molecule has 1 aromatic rings. The monoisotopic (exact) mass is 357 g/mol. The highest BCUT2D eigenvalue weighted by molar-refractivity contribution is 5.79. The van der Waals surface area contributed by atoms with Gasteiger partial charge in [-0.1, -0.05) is 12.1 Å². The number of halogens is 3. The largest absolute Gasteiger partial charge is 0.490 e. The molecule has 140 valence electrons. The van der Waals surface area contributed by atoms with E-state index in [-0.39, 0.29) is 6.54 Å². The summed E-state index contributed by atoms with van der Waals surface area (Å²) in [6.07, 6.45) is 0.810. The fraction of sp³-hybridized carbons (Fsp3) is 0.611. The lowest BCUT2D eigenvalue weighted by Crippen LogP contribution is -2.39. The van der Waals surface area contributed by atoms with E-state index in [1.165, 1.54) is 19.9 Å². The van der Waals surface area contributed by atoms with Crippen molar-refractivity contribution in [1.82, 2.24) is 10.6 Å². The molecule has 0 spiro atoms. The maximum atomic E-state index is 12.1. The van der Waals surface area contributed by atoms with Gasteiger partial charge in [0, 0.05) is 20.1 Å². The molecular formula is C18H26F3N3O. The summed E-state index contributed by atoms with van der Waals surface area (Å²) in [6.45, 7) is 0.408. The molecule has 1 aliphatic rings. The smallest absolute Gasteiger partial charge is 0.390 e. The van der Waals surface area contributed by atoms with E-state index in [4.69, 9.17) is 4.74 Å². The van der Waals surface area contributed by atoms with E-state index in [1.54, 1.807) is 0 Å². The second kappa shape index (κ2) is 9.53. The Labute approximate surface area is 146 Å². The molecule has 0 aliphatic heterocycles. The number of aliphatic imine (C=N–C) groups is 1. The Morgan fingerprint density at radius 3 is 2.36 bits per heavy atom. The molecule has 0 bridgehead atoms. The van der Waals surface area contributed by atoms with Crippen molar-refractivity contribution < 1.29 is 17.9 Å². The van der Waals surface area contributed by atoms with Gasteiger partial charge in [-0.15, -0.1) is 0 Å². The molecule has 0 atom stereocenters. The number of hydrogen-bond donors (Lipinski definition) is 2. The quantitative estimate of drug-likeness (QED) is 0.578. The van der Waals surface area contributed by atoms with Gasteiger partial charge in [0.25, 0.3) is 0 Å². The number of alkyl halides is 3. The first-order valence-corrected chi connectivity index (χ1v) is 8.73. The summed E-state index contributed by atoms with van der Waals surface area (Å²) in [6, 6.07) is 7.99. The van der Waals surface area contributed by atoms with Crippen molar-refractivity contribution in [2.24, 2.45) is 4.99 Å². The van der Waals surface area contributed by atoms with Crippen LogP contribution in [0.5, 0.6) is 5.75 Å². The van der Waals surface area contributed by atoms with Gasteiger partial charge in [-0.2, -0.15) is 13.2 Å². The summed E-state index contributed by atoms with van der Waals surface area (Å²) in [5, 5.41) is 5.68. The average Bonchev–Trinajstić information content (AvgIpc) is 3.07. The van der Waals surface area contributed by atoms with Crippen molar-refractivity contribution in [3.63, 3.8) is 0 Å². The number of hydrogen-bond acceptors (Lipinski definition) is 2. The molecule has 2 rings (SSSR count). The highest BCUT2D eigenvalue weighted by Gasteiger charge is 2.26. The Morgan fingerprint density at radius 2 is 1.76 bits per heavy atom. The molecule has 0 unspecified atom stereocenters. The van der Waals surface area contributed by atoms with E-state index >= 15 is 0 Å². The Morgan fingerprint density at radius 1 is 1.12 bits per heavy atom. The molecule has 1 aliphatic carbocycles. The first kappa shape index (κ1) is 19.4. The van der Waals surface area contributed by atoms with Crippen molar-refractivity contribution in [3.8, 4) is 5.75 Å². The van der Waals surface area contributed by atoms with Crippen LogP contribution < -0.4 is 15.4 Å². The van der Waals surface area contributed by atoms with E-state index in [1.807, 2.05) is 24.3 Å². The third-order valence-electron chi connectivity index (χ3n) is 4.16. The summed E-state index contributed by atoms with van der Waals surface area (Å²) in [7, 11) is 1.54. The topological polar surface area (TPSA) is 45.7 Å². The van der Waals surface area contributed by atoms with Crippen molar-refractivity contribution in [1.29, 1.82) is 0 Å². The van der Waals surface area contributed by atoms with Crippen LogP contribution in [0.15, 0.2) is 29.3 Å². The summed E-state index contributed by atoms with van der Waals surface area (Å²) >= 11 is 0. The lowest BCUT2D eigenvalue weighted by Gasteiger charge is -2.14. The molecule has 0 amide bonds. The summed E-state index contributed by atoms with van der Waals surface area (Å²) < 4.78 is 42.3. The van der Waals surface area contributed by atoms with Crippen LogP contribution in [0, 0.1) is 0 Å². The van der Waals surface area contributed by atoms with Gasteiger partial charge in [0.05, 0.1) is 12.5 Å². The number of nitrogens with zero attached hydrogens (tertiary/aromatic N) is 1. The van der Waals surface area contributed by atoms with Crippen LogP contribution in [0.3, 0.4) is 0 Å². The Bertz CT molecular complexity index is 537. The molecule has 2 N–H and O–H groups in total. The molecule has 1 aromatic carbocycles. The second-order valence-corrected chi connectivity index (χ2v) is 6.21. The SMILES string of the molecule is CN=C(NCCc1ccc(OC2CCCC2)cc1)NCCC(F)(F)F. The molecule has 25 heavy (non-hydrogen) atoms. The molecular weight excluding hydrogens is 331 g/mol. The van der Waals surface area contributed by atoms with Gasteiger partial charge in [0.2, 0.25) is 0 Å². The third kappa shape index (κ3) is 7.67. The minimum absolute atomic E-state index is 0.184. The van der Waals surface area contributed by atoms with Crippen LogP contribution >= 0.6 is 0 Å². The van der Waals surface area contributed by atoms with E-state index in [9.17, 15) is 13.2 Å². The summed E-state index contributed by atoms with van der Waals surface area (Å²) in [5.74, 6) is 1.28. The number of nitrogens with one attached hydrogen (secondary N) is 2. The van der Waals surface area contributed by atoms with Gasteiger partial charge in [-0.3, -0.25) is 4.99 Å². The number of guanidine groups is 1. The molecule has 1 fully saturated rings. The Balaban J connectivity index is 1.67.